The van der Waals surface area contributed by atoms with Gasteiger partial charge in [0.05, 0.1) is 22.4 Å². The highest BCUT2D eigenvalue weighted by molar-refractivity contribution is 7.99. The smallest absolute Gasteiger partial charge is 0.253 e. The van der Waals surface area contributed by atoms with Crippen molar-refractivity contribution in [1.82, 2.24) is 20.1 Å². The number of anilines is 1. The van der Waals surface area contributed by atoms with Gasteiger partial charge in [0.15, 0.2) is 11.0 Å². The number of thioether (sulfide) groups is 1. The first-order valence-corrected chi connectivity index (χ1v) is 11.9. The molecule has 11 heteroatoms. The van der Waals surface area contributed by atoms with Gasteiger partial charge in [0, 0.05) is 22.3 Å². The Morgan fingerprint density at radius 2 is 1.91 bits per heavy atom. The number of rotatable bonds is 9. The van der Waals surface area contributed by atoms with Crippen molar-refractivity contribution >= 4 is 64.1 Å². The zero-order chi connectivity index (χ0) is 24.0. The summed E-state index contributed by atoms with van der Waals surface area (Å²) in [5, 5.41) is 15.8. The van der Waals surface area contributed by atoms with Gasteiger partial charge in [0.1, 0.15) is 0 Å². The predicted octanol–water partition coefficient (Wildman–Crippen LogP) is 5.65. The third-order valence-electron chi connectivity index (χ3n) is 4.41. The van der Waals surface area contributed by atoms with Gasteiger partial charge < -0.3 is 15.2 Å². The van der Waals surface area contributed by atoms with E-state index in [1.807, 2.05) is 0 Å². The first kappa shape index (κ1) is 25.1. The number of carbonyl (C=O) groups is 2. The van der Waals surface area contributed by atoms with E-state index in [1.165, 1.54) is 17.8 Å². The highest BCUT2D eigenvalue weighted by Crippen LogP contribution is 2.24. The molecule has 0 fully saturated rings. The highest BCUT2D eigenvalue weighted by Gasteiger charge is 2.21. The molecule has 0 saturated carbocycles. The Kier molecular flexibility index (Phi) is 8.80. The molecule has 0 spiro atoms. The Morgan fingerprint density at radius 1 is 1.15 bits per heavy atom. The van der Waals surface area contributed by atoms with Gasteiger partial charge in [-0.1, -0.05) is 58.7 Å². The molecule has 1 atom stereocenters. The van der Waals surface area contributed by atoms with Crippen molar-refractivity contribution in [1.29, 1.82) is 0 Å². The molecule has 2 N–H and O–H groups in total. The summed E-state index contributed by atoms with van der Waals surface area (Å²) in [6.45, 7) is 5.96. The van der Waals surface area contributed by atoms with Gasteiger partial charge >= 0.3 is 0 Å². The Hall–Kier alpha value is -2.52. The van der Waals surface area contributed by atoms with Crippen LogP contribution in [0.3, 0.4) is 0 Å². The molecule has 3 aromatic rings. The number of benzene rings is 2. The van der Waals surface area contributed by atoms with Crippen LogP contribution in [-0.4, -0.2) is 32.3 Å². The summed E-state index contributed by atoms with van der Waals surface area (Å²) in [5.41, 5.74) is 0.911. The predicted molar refractivity (Wildman–Crippen MR) is 133 cm³/mol. The topological polar surface area (TPSA) is 88.9 Å². The number of halogens is 3. The summed E-state index contributed by atoms with van der Waals surface area (Å²) in [4.78, 5) is 25.0. The maximum absolute atomic E-state index is 12.7. The van der Waals surface area contributed by atoms with Crippen LogP contribution in [-0.2, 0) is 11.3 Å². The minimum atomic E-state index is -0.480. The highest BCUT2D eigenvalue weighted by atomic mass is 35.5. The number of carbonyl (C=O) groups excluding carboxylic acids is 2. The molecule has 0 aliphatic carbocycles. The number of allylic oxidation sites excluding steroid dienone is 1. The third kappa shape index (κ3) is 6.74. The molecule has 2 amide bonds. The summed E-state index contributed by atoms with van der Waals surface area (Å²) in [7, 11) is 0. The lowest BCUT2D eigenvalue weighted by molar-refractivity contribution is -0.113. The third-order valence-corrected chi connectivity index (χ3v) is 6.16. The van der Waals surface area contributed by atoms with Crippen molar-refractivity contribution < 1.29 is 9.59 Å². The Morgan fingerprint density at radius 3 is 2.61 bits per heavy atom. The fraction of sp³-hybridized carbons (Fsp3) is 0.182. The maximum Gasteiger partial charge on any atom is 0.253 e. The largest absolute Gasteiger partial charge is 0.342 e. The van der Waals surface area contributed by atoms with E-state index in [0.29, 0.717) is 38.8 Å². The summed E-state index contributed by atoms with van der Waals surface area (Å²) in [5.74, 6) is 0.0531. The Balaban J connectivity index is 1.68. The second-order valence-corrected chi connectivity index (χ2v) is 9.13. The van der Waals surface area contributed by atoms with Gasteiger partial charge in [-0.05, 0) is 43.3 Å². The van der Waals surface area contributed by atoms with Crippen LogP contribution in [0.2, 0.25) is 15.1 Å². The molecule has 2 aromatic carbocycles. The summed E-state index contributed by atoms with van der Waals surface area (Å²) in [6, 6.07) is 11.1. The molecule has 7 nitrogen and oxygen atoms in total. The van der Waals surface area contributed by atoms with E-state index < -0.39 is 6.04 Å². The van der Waals surface area contributed by atoms with Gasteiger partial charge in [-0.3, -0.25) is 9.59 Å². The second-order valence-electron chi connectivity index (χ2n) is 6.91. The van der Waals surface area contributed by atoms with E-state index in [9.17, 15) is 9.59 Å². The summed E-state index contributed by atoms with van der Waals surface area (Å²) < 4.78 is 1.79. The van der Waals surface area contributed by atoms with Gasteiger partial charge in [0.2, 0.25) is 5.91 Å². The van der Waals surface area contributed by atoms with Crippen LogP contribution in [0.25, 0.3) is 0 Å². The van der Waals surface area contributed by atoms with E-state index in [-0.39, 0.29) is 22.6 Å². The Bertz CT molecular complexity index is 1180. The van der Waals surface area contributed by atoms with E-state index in [0.717, 1.165) is 0 Å². The van der Waals surface area contributed by atoms with Crippen molar-refractivity contribution in [2.75, 3.05) is 11.1 Å². The molecule has 0 aliphatic heterocycles. The average molecular weight is 525 g/mol. The minimum Gasteiger partial charge on any atom is -0.342 e. The first-order valence-electron chi connectivity index (χ1n) is 9.76. The lowest BCUT2D eigenvalue weighted by Gasteiger charge is -2.16. The number of nitrogens with zero attached hydrogens (tertiary/aromatic N) is 3. The number of hydrogen-bond acceptors (Lipinski definition) is 5. The quantitative estimate of drug-likeness (QED) is 0.279. The van der Waals surface area contributed by atoms with Gasteiger partial charge in [-0.25, -0.2) is 0 Å². The van der Waals surface area contributed by atoms with Crippen LogP contribution in [0.5, 0.6) is 0 Å². The molecule has 1 aromatic heterocycles. The van der Waals surface area contributed by atoms with Crippen LogP contribution < -0.4 is 10.6 Å². The van der Waals surface area contributed by atoms with Crippen LogP contribution in [0.1, 0.15) is 29.1 Å². The maximum atomic E-state index is 12.7. The van der Waals surface area contributed by atoms with Crippen molar-refractivity contribution in [3.63, 3.8) is 0 Å². The number of aromatic nitrogens is 3. The minimum absolute atomic E-state index is 0.114. The fourth-order valence-electron chi connectivity index (χ4n) is 2.93. The average Bonchev–Trinajstić information content (AvgIpc) is 3.15. The van der Waals surface area contributed by atoms with Gasteiger partial charge in [0.25, 0.3) is 5.91 Å². The molecule has 172 valence electrons. The first-order chi connectivity index (χ1) is 15.8. The van der Waals surface area contributed by atoms with E-state index in [2.05, 4.69) is 27.4 Å². The molecule has 33 heavy (non-hydrogen) atoms. The van der Waals surface area contributed by atoms with Crippen LogP contribution in [0.15, 0.2) is 60.3 Å². The number of hydrogen-bond donors (Lipinski definition) is 2. The van der Waals surface area contributed by atoms with E-state index in [4.69, 9.17) is 34.8 Å². The van der Waals surface area contributed by atoms with Crippen LogP contribution >= 0.6 is 46.6 Å². The van der Waals surface area contributed by atoms with Crippen molar-refractivity contribution in [3.05, 3.63) is 81.6 Å². The molecule has 0 bridgehead atoms. The van der Waals surface area contributed by atoms with E-state index >= 15 is 0 Å². The van der Waals surface area contributed by atoms with Crippen molar-refractivity contribution in [2.24, 2.45) is 0 Å². The molecular weight excluding hydrogens is 505 g/mol. The molecule has 0 aliphatic rings. The molecule has 3 rings (SSSR count). The lowest BCUT2D eigenvalue weighted by Crippen LogP contribution is -2.29. The standard InChI is InChI=1S/C22H20Cl3N5O2S/c1-3-9-30-20(13(2)26-21(32)17-8-7-15(24)11-18(17)25)28-29-22(30)33-12-19(31)27-16-6-4-5-14(23)10-16/h3-8,10-11,13H,1,9,12H2,2H3,(H,26,32)(H,27,31). The molecule has 0 radical (unpaired) electrons. The Labute approximate surface area is 210 Å². The zero-order valence-electron chi connectivity index (χ0n) is 17.5. The SMILES string of the molecule is C=CCn1c(SCC(=O)Nc2cccc(Cl)c2)nnc1C(C)NC(=O)c1ccc(Cl)cc1Cl. The molecular formula is C22H20Cl3N5O2S. The van der Waals surface area contributed by atoms with E-state index in [1.54, 1.807) is 54.0 Å². The fourth-order valence-corrected chi connectivity index (χ4v) is 4.37. The van der Waals surface area contributed by atoms with Crippen LogP contribution in [0.4, 0.5) is 5.69 Å². The number of amides is 2. The molecule has 1 heterocycles. The normalized spacial score (nSPS) is 11.6. The van der Waals surface area contributed by atoms with Crippen molar-refractivity contribution in [3.8, 4) is 0 Å². The van der Waals surface area contributed by atoms with Gasteiger partial charge in [-0.2, -0.15) is 0 Å². The summed E-state index contributed by atoms with van der Waals surface area (Å²) >= 11 is 19.2. The molecule has 0 saturated heterocycles. The van der Waals surface area contributed by atoms with Gasteiger partial charge in [-0.15, -0.1) is 16.8 Å². The van der Waals surface area contributed by atoms with Crippen molar-refractivity contribution in [2.45, 2.75) is 24.7 Å². The molecule has 1 unspecified atom stereocenters. The summed E-state index contributed by atoms with van der Waals surface area (Å²) in [6.07, 6.45) is 1.69. The number of nitrogens with one attached hydrogen (secondary N) is 2. The lowest BCUT2D eigenvalue weighted by atomic mass is 10.2. The second kappa shape index (κ2) is 11.6. The monoisotopic (exact) mass is 523 g/mol. The van der Waals surface area contributed by atoms with Crippen LogP contribution in [0, 0.1) is 0 Å². The zero-order valence-corrected chi connectivity index (χ0v) is 20.6.